The molecule has 0 N–H and O–H groups in total. The van der Waals surface area contributed by atoms with Gasteiger partial charge in [0, 0.05) is 16.3 Å². The molecule has 0 aliphatic rings. The van der Waals surface area contributed by atoms with Crippen molar-refractivity contribution in [1.82, 2.24) is 10.2 Å². The molecule has 0 aliphatic heterocycles. The van der Waals surface area contributed by atoms with E-state index in [0.717, 1.165) is 17.7 Å². The molecule has 1 heterocycles. The number of halogens is 1. The van der Waals surface area contributed by atoms with E-state index in [4.69, 9.17) is 16.0 Å². The molecule has 0 spiro atoms. The molecular weight excluding hydrogens is 244 g/mol. The van der Waals surface area contributed by atoms with Crippen molar-refractivity contribution < 1.29 is 4.42 Å². The molecule has 16 heavy (non-hydrogen) atoms. The van der Waals surface area contributed by atoms with Gasteiger partial charge < -0.3 is 4.42 Å². The Balaban J connectivity index is 2.15. The maximum atomic E-state index is 5.80. The van der Waals surface area contributed by atoms with E-state index in [2.05, 4.69) is 17.1 Å². The van der Waals surface area contributed by atoms with E-state index in [1.54, 1.807) is 23.9 Å². The van der Waals surface area contributed by atoms with Gasteiger partial charge >= 0.3 is 0 Å². The van der Waals surface area contributed by atoms with Crippen molar-refractivity contribution in [2.75, 3.05) is 5.75 Å². The van der Waals surface area contributed by atoms with Crippen LogP contribution >= 0.6 is 23.4 Å². The molecule has 2 rings (SSSR count). The van der Waals surface area contributed by atoms with Crippen molar-refractivity contribution in [2.45, 2.75) is 18.6 Å². The minimum Gasteiger partial charge on any atom is -0.411 e. The maximum absolute atomic E-state index is 5.80. The molecule has 0 fully saturated rings. The fraction of sp³-hybridized carbons (Fsp3) is 0.273. The normalized spacial score (nSPS) is 10.6. The molecule has 1 aromatic heterocycles. The monoisotopic (exact) mass is 254 g/mol. The van der Waals surface area contributed by atoms with Gasteiger partial charge in [0.05, 0.1) is 0 Å². The summed E-state index contributed by atoms with van der Waals surface area (Å²) in [6, 6.07) is 7.34. The Morgan fingerprint density at radius 3 is 2.69 bits per heavy atom. The molecule has 3 nitrogen and oxygen atoms in total. The highest BCUT2D eigenvalue weighted by atomic mass is 35.5. The number of rotatable bonds is 4. The smallest absolute Gasteiger partial charge is 0.276 e. The number of nitrogens with zero attached hydrogens (tertiary/aromatic N) is 2. The Bertz CT molecular complexity index is 455. The molecule has 0 bridgehead atoms. The first-order valence-corrected chi connectivity index (χ1v) is 6.38. The minimum absolute atomic E-state index is 0.537. The second-order valence-electron chi connectivity index (χ2n) is 3.23. The molecule has 0 unspecified atom stereocenters. The summed E-state index contributed by atoms with van der Waals surface area (Å²) in [6.45, 7) is 2.11. The standard InChI is InChI=1S/C11H11ClN2OS/c1-2-7-16-11-14-13-10(15-11)8-3-5-9(12)6-4-8/h3-6H,2,7H2,1H3. The molecular formula is C11H11ClN2OS. The lowest BCUT2D eigenvalue weighted by molar-refractivity contribution is 0.466. The Kier molecular flexibility index (Phi) is 3.85. The number of aromatic nitrogens is 2. The van der Waals surface area contributed by atoms with E-state index in [-0.39, 0.29) is 0 Å². The molecule has 0 saturated heterocycles. The quantitative estimate of drug-likeness (QED) is 0.776. The first kappa shape index (κ1) is 11.5. The van der Waals surface area contributed by atoms with E-state index in [1.165, 1.54) is 0 Å². The molecule has 0 atom stereocenters. The molecule has 84 valence electrons. The fourth-order valence-electron chi connectivity index (χ4n) is 1.17. The Morgan fingerprint density at radius 1 is 1.25 bits per heavy atom. The third kappa shape index (κ3) is 2.77. The average molecular weight is 255 g/mol. The van der Waals surface area contributed by atoms with Crippen molar-refractivity contribution >= 4 is 23.4 Å². The lowest BCUT2D eigenvalue weighted by atomic mass is 10.2. The van der Waals surface area contributed by atoms with Gasteiger partial charge in [0.2, 0.25) is 5.89 Å². The van der Waals surface area contributed by atoms with Crippen LogP contribution in [0.25, 0.3) is 11.5 Å². The van der Waals surface area contributed by atoms with Crippen LogP contribution in [0, 0.1) is 0 Å². The van der Waals surface area contributed by atoms with E-state index in [9.17, 15) is 0 Å². The first-order chi connectivity index (χ1) is 7.79. The van der Waals surface area contributed by atoms with Crippen LogP contribution in [0.5, 0.6) is 0 Å². The zero-order valence-corrected chi connectivity index (χ0v) is 10.4. The van der Waals surface area contributed by atoms with Gasteiger partial charge in [0.25, 0.3) is 5.22 Å². The van der Waals surface area contributed by atoms with Gasteiger partial charge in [0.1, 0.15) is 0 Å². The third-order valence-corrected chi connectivity index (χ3v) is 3.20. The van der Waals surface area contributed by atoms with Crippen LogP contribution in [-0.4, -0.2) is 16.0 Å². The summed E-state index contributed by atoms with van der Waals surface area (Å²) in [5.41, 5.74) is 0.889. The lowest BCUT2D eigenvalue weighted by Crippen LogP contribution is -1.76. The van der Waals surface area contributed by atoms with Crippen LogP contribution in [0.4, 0.5) is 0 Å². The van der Waals surface area contributed by atoms with Gasteiger partial charge in [0.15, 0.2) is 0 Å². The van der Waals surface area contributed by atoms with Crippen LogP contribution in [0.1, 0.15) is 13.3 Å². The first-order valence-electron chi connectivity index (χ1n) is 5.02. The van der Waals surface area contributed by atoms with E-state index < -0.39 is 0 Å². The maximum Gasteiger partial charge on any atom is 0.276 e. The van der Waals surface area contributed by atoms with Crippen molar-refractivity contribution in [1.29, 1.82) is 0 Å². The van der Waals surface area contributed by atoms with Gasteiger partial charge in [-0.2, -0.15) is 0 Å². The second-order valence-corrected chi connectivity index (χ2v) is 4.71. The van der Waals surface area contributed by atoms with Gasteiger partial charge in [-0.25, -0.2) is 0 Å². The Labute approximate surface area is 103 Å². The van der Waals surface area contributed by atoms with Gasteiger partial charge in [-0.1, -0.05) is 30.3 Å². The summed E-state index contributed by atoms with van der Waals surface area (Å²) >= 11 is 7.37. The summed E-state index contributed by atoms with van der Waals surface area (Å²) in [5.74, 6) is 1.53. The Hall–Kier alpha value is -1.00. The predicted molar refractivity (Wildman–Crippen MR) is 65.8 cm³/mol. The second kappa shape index (κ2) is 5.37. The van der Waals surface area contributed by atoms with Crippen molar-refractivity contribution in [3.63, 3.8) is 0 Å². The third-order valence-electron chi connectivity index (χ3n) is 1.93. The van der Waals surface area contributed by atoms with Gasteiger partial charge in [-0.05, 0) is 30.7 Å². The average Bonchev–Trinajstić information content (AvgIpc) is 2.76. The summed E-state index contributed by atoms with van der Waals surface area (Å²) in [7, 11) is 0. The predicted octanol–water partition coefficient (Wildman–Crippen LogP) is 3.89. The van der Waals surface area contributed by atoms with Gasteiger partial charge in [-0.3, -0.25) is 0 Å². The summed E-state index contributed by atoms with van der Waals surface area (Å²) in [4.78, 5) is 0. The van der Waals surface area contributed by atoms with Crippen LogP contribution in [0.3, 0.4) is 0 Å². The molecule has 0 radical (unpaired) electrons. The topological polar surface area (TPSA) is 38.9 Å². The van der Waals surface area contributed by atoms with E-state index >= 15 is 0 Å². The van der Waals surface area contributed by atoms with Crippen molar-refractivity contribution in [2.24, 2.45) is 0 Å². The molecule has 0 saturated carbocycles. The highest BCUT2D eigenvalue weighted by Crippen LogP contribution is 2.24. The van der Waals surface area contributed by atoms with Crippen LogP contribution in [-0.2, 0) is 0 Å². The van der Waals surface area contributed by atoms with Gasteiger partial charge in [-0.15, -0.1) is 10.2 Å². The fourth-order valence-corrected chi connectivity index (χ4v) is 1.91. The number of benzene rings is 1. The molecule has 0 amide bonds. The van der Waals surface area contributed by atoms with Crippen LogP contribution in [0.15, 0.2) is 33.9 Å². The van der Waals surface area contributed by atoms with Crippen LogP contribution < -0.4 is 0 Å². The summed E-state index contributed by atoms with van der Waals surface area (Å²) in [6.07, 6.45) is 1.09. The Morgan fingerprint density at radius 2 is 2.00 bits per heavy atom. The number of hydrogen-bond donors (Lipinski definition) is 0. The highest BCUT2D eigenvalue weighted by Gasteiger charge is 2.08. The summed E-state index contributed by atoms with van der Waals surface area (Å²) < 4.78 is 5.51. The zero-order chi connectivity index (χ0) is 11.4. The largest absolute Gasteiger partial charge is 0.411 e. The highest BCUT2D eigenvalue weighted by molar-refractivity contribution is 7.99. The molecule has 5 heteroatoms. The van der Waals surface area contributed by atoms with E-state index in [1.807, 2.05) is 12.1 Å². The number of hydrogen-bond acceptors (Lipinski definition) is 4. The zero-order valence-electron chi connectivity index (χ0n) is 8.81. The number of thioether (sulfide) groups is 1. The minimum atomic E-state index is 0.537. The summed E-state index contributed by atoms with van der Waals surface area (Å²) in [5, 5.41) is 9.27. The van der Waals surface area contributed by atoms with Crippen molar-refractivity contribution in [3.8, 4) is 11.5 Å². The SMILES string of the molecule is CCCSc1nnc(-c2ccc(Cl)cc2)o1. The lowest BCUT2D eigenvalue weighted by Gasteiger charge is -1.94. The molecule has 1 aromatic carbocycles. The van der Waals surface area contributed by atoms with Crippen molar-refractivity contribution in [3.05, 3.63) is 29.3 Å². The van der Waals surface area contributed by atoms with Crippen LogP contribution in [0.2, 0.25) is 5.02 Å². The molecule has 2 aromatic rings. The molecule has 0 aliphatic carbocycles. The van der Waals surface area contributed by atoms with E-state index in [0.29, 0.717) is 16.1 Å².